The Morgan fingerprint density at radius 1 is 1.42 bits per heavy atom. The quantitative estimate of drug-likeness (QED) is 0.631. The first-order valence-corrected chi connectivity index (χ1v) is 6.98. The molecule has 2 heterocycles. The molecule has 2 aliphatic rings. The third-order valence-electron chi connectivity index (χ3n) is 3.60. The lowest BCUT2D eigenvalue weighted by Crippen LogP contribution is -2.31. The van der Waals surface area contributed by atoms with Crippen LogP contribution >= 0.6 is 0 Å². The second kappa shape index (κ2) is 5.30. The number of hydrazine groups is 1. The van der Waals surface area contributed by atoms with Crippen molar-refractivity contribution in [2.75, 3.05) is 30.0 Å². The Morgan fingerprint density at radius 3 is 3.00 bits per heavy atom. The Kier molecular flexibility index (Phi) is 3.52. The van der Waals surface area contributed by atoms with Gasteiger partial charge in [-0.2, -0.15) is 0 Å². The maximum atomic E-state index is 5.68. The largest absolute Gasteiger partial charge is 0.377 e. The number of anilines is 2. The van der Waals surface area contributed by atoms with Crippen LogP contribution in [0.3, 0.4) is 0 Å². The highest BCUT2D eigenvalue weighted by molar-refractivity contribution is 5.49. The molecule has 6 nitrogen and oxygen atoms in total. The molecule has 1 atom stereocenters. The standard InChI is InChI=1S/C13H21N5O/c1-9-8-18(5-2-6-19-9)12-7-11(17-14)15-13(16-12)10-3-4-10/h7,9-10H,2-6,8,14H2,1H3,(H,15,16,17). The van der Waals surface area contributed by atoms with Crippen molar-refractivity contribution >= 4 is 11.6 Å². The van der Waals surface area contributed by atoms with Crippen LogP contribution in [0.1, 0.15) is 37.9 Å². The van der Waals surface area contributed by atoms with Gasteiger partial charge in [-0.1, -0.05) is 0 Å². The van der Waals surface area contributed by atoms with Crippen molar-refractivity contribution in [3.05, 3.63) is 11.9 Å². The van der Waals surface area contributed by atoms with E-state index in [1.54, 1.807) is 0 Å². The van der Waals surface area contributed by atoms with Crippen molar-refractivity contribution < 1.29 is 4.74 Å². The predicted octanol–water partition coefficient (Wildman–Crippen LogP) is 1.25. The molecule has 0 spiro atoms. The maximum absolute atomic E-state index is 5.68. The van der Waals surface area contributed by atoms with Crippen molar-refractivity contribution in [2.45, 2.75) is 38.2 Å². The molecule has 1 aliphatic heterocycles. The number of nitrogens with one attached hydrogen (secondary N) is 1. The van der Waals surface area contributed by atoms with E-state index in [0.717, 1.165) is 37.8 Å². The number of hydrogen-bond acceptors (Lipinski definition) is 6. The van der Waals surface area contributed by atoms with Crippen LogP contribution in [-0.4, -0.2) is 35.8 Å². The Bertz CT molecular complexity index is 449. The van der Waals surface area contributed by atoms with Gasteiger partial charge in [0.25, 0.3) is 0 Å². The third-order valence-corrected chi connectivity index (χ3v) is 3.60. The molecule has 1 saturated heterocycles. The van der Waals surface area contributed by atoms with Crippen LogP contribution in [0.25, 0.3) is 0 Å². The molecule has 1 aromatic rings. The van der Waals surface area contributed by atoms with Gasteiger partial charge in [0.2, 0.25) is 0 Å². The first-order valence-electron chi connectivity index (χ1n) is 6.98. The van der Waals surface area contributed by atoms with E-state index >= 15 is 0 Å². The zero-order valence-corrected chi connectivity index (χ0v) is 11.3. The normalized spacial score (nSPS) is 24.1. The number of nitrogen functional groups attached to an aromatic ring is 1. The van der Waals surface area contributed by atoms with E-state index in [1.807, 2.05) is 6.07 Å². The summed E-state index contributed by atoms with van der Waals surface area (Å²) in [5.74, 6) is 8.61. The molecule has 2 fully saturated rings. The number of nitrogens with two attached hydrogens (primary N) is 1. The van der Waals surface area contributed by atoms with E-state index < -0.39 is 0 Å². The van der Waals surface area contributed by atoms with E-state index in [2.05, 4.69) is 22.2 Å². The van der Waals surface area contributed by atoms with Gasteiger partial charge in [-0.25, -0.2) is 15.8 Å². The minimum absolute atomic E-state index is 0.233. The second-order valence-electron chi connectivity index (χ2n) is 5.37. The zero-order chi connectivity index (χ0) is 13.2. The topological polar surface area (TPSA) is 76.3 Å². The van der Waals surface area contributed by atoms with Crippen LogP contribution in [-0.2, 0) is 4.74 Å². The maximum Gasteiger partial charge on any atom is 0.145 e. The summed E-state index contributed by atoms with van der Waals surface area (Å²) in [7, 11) is 0. The van der Waals surface area contributed by atoms with Gasteiger partial charge in [0.1, 0.15) is 17.5 Å². The molecular weight excluding hydrogens is 242 g/mol. The van der Waals surface area contributed by atoms with E-state index in [1.165, 1.54) is 12.8 Å². The molecule has 0 aromatic carbocycles. The Hall–Kier alpha value is -1.40. The summed E-state index contributed by atoms with van der Waals surface area (Å²) in [6, 6.07) is 1.92. The van der Waals surface area contributed by atoms with Gasteiger partial charge in [0.05, 0.1) is 6.10 Å². The highest BCUT2D eigenvalue weighted by Crippen LogP contribution is 2.39. The first-order chi connectivity index (χ1) is 9.26. The van der Waals surface area contributed by atoms with Crippen LogP contribution in [0.15, 0.2) is 6.07 Å². The fourth-order valence-electron chi connectivity index (χ4n) is 2.42. The van der Waals surface area contributed by atoms with E-state index in [4.69, 9.17) is 15.6 Å². The van der Waals surface area contributed by atoms with Gasteiger partial charge >= 0.3 is 0 Å². The predicted molar refractivity (Wildman–Crippen MR) is 74.1 cm³/mol. The Morgan fingerprint density at radius 2 is 2.26 bits per heavy atom. The molecule has 1 aromatic heterocycles. The van der Waals surface area contributed by atoms with Gasteiger partial charge in [0, 0.05) is 31.7 Å². The fourth-order valence-corrected chi connectivity index (χ4v) is 2.42. The molecule has 3 N–H and O–H groups in total. The zero-order valence-electron chi connectivity index (χ0n) is 11.3. The van der Waals surface area contributed by atoms with Crippen molar-refractivity contribution in [3.8, 4) is 0 Å². The summed E-state index contributed by atoms with van der Waals surface area (Å²) in [6.07, 6.45) is 3.63. The molecular formula is C13H21N5O. The molecule has 0 amide bonds. The average Bonchev–Trinajstić information content (AvgIpc) is 3.25. The van der Waals surface area contributed by atoms with Gasteiger partial charge < -0.3 is 15.1 Å². The molecule has 1 aliphatic carbocycles. The summed E-state index contributed by atoms with van der Waals surface area (Å²) in [5.41, 5.74) is 2.65. The molecule has 104 valence electrons. The summed E-state index contributed by atoms with van der Waals surface area (Å²) in [5, 5.41) is 0. The first kappa shape index (κ1) is 12.6. The highest BCUT2D eigenvalue weighted by Gasteiger charge is 2.28. The number of aromatic nitrogens is 2. The Labute approximate surface area is 113 Å². The second-order valence-corrected chi connectivity index (χ2v) is 5.37. The van der Waals surface area contributed by atoms with Crippen LogP contribution in [0, 0.1) is 0 Å². The lowest BCUT2D eigenvalue weighted by molar-refractivity contribution is 0.0820. The highest BCUT2D eigenvalue weighted by atomic mass is 16.5. The monoisotopic (exact) mass is 263 g/mol. The Balaban J connectivity index is 1.87. The van der Waals surface area contributed by atoms with E-state index in [9.17, 15) is 0 Å². The van der Waals surface area contributed by atoms with Crippen molar-refractivity contribution in [2.24, 2.45) is 5.84 Å². The minimum atomic E-state index is 0.233. The van der Waals surface area contributed by atoms with Gasteiger partial charge in [0.15, 0.2) is 0 Å². The number of rotatable bonds is 3. The molecule has 0 radical (unpaired) electrons. The molecule has 19 heavy (non-hydrogen) atoms. The van der Waals surface area contributed by atoms with Gasteiger partial charge in [-0.15, -0.1) is 0 Å². The molecule has 0 bridgehead atoms. The number of hydrogen-bond donors (Lipinski definition) is 2. The van der Waals surface area contributed by atoms with Crippen molar-refractivity contribution in [1.29, 1.82) is 0 Å². The summed E-state index contributed by atoms with van der Waals surface area (Å²) < 4.78 is 5.68. The molecule has 3 rings (SSSR count). The van der Waals surface area contributed by atoms with Crippen LogP contribution < -0.4 is 16.2 Å². The van der Waals surface area contributed by atoms with Gasteiger partial charge in [-0.05, 0) is 26.2 Å². The summed E-state index contributed by atoms with van der Waals surface area (Å²) in [6.45, 7) is 4.75. The van der Waals surface area contributed by atoms with Gasteiger partial charge in [-0.3, -0.25) is 0 Å². The number of ether oxygens (including phenoxy) is 1. The SMILES string of the molecule is CC1CN(c2cc(NN)nc(C3CC3)n2)CCCO1. The summed E-state index contributed by atoms with van der Waals surface area (Å²) in [4.78, 5) is 11.4. The van der Waals surface area contributed by atoms with Crippen LogP contribution in [0.5, 0.6) is 0 Å². The van der Waals surface area contributed by atoms with Crippen molar-refractivity contribution in [3.63, 3.8) is 0 Å². The lowest BCUT2D eigenvalue weighted by atomic mass is 10.3. The van der Waals surface area contributed by atoms with Crippen LogP contribution in [0.2, 0.25) is 0 Å². The van der Waals surface area contributed by atoms with E-state index in [-0.39, 0.29) is 6.10 Å². The molecule has 1 unspecified atom stereocenters. The van der Waals surface area contributed by atoms with Crippen LogP contribution in [0.4, 0.5) is 11.6 Å². The molecule has 6 heteroatoms. The molecule has 1 saturated carbocycles. The fraction of sp³-hybridized carbons (Fsp3) is 0.692. The third kappa shape index (κ3) is 2.96. The average molecular weight is 263 g/mol. The summed E-state index contributed by atoms with van der Waals surface area (Å²) >= 11 is 0. The van der Waals surface area contributed by atoms with E-state index in [0.29, 0.717) is 11.7 Å². The minimum Gasteiger partial charge on any atom is -0.377 e. The smallest absolute Gasteiger partial charge is 0.145 e. The number of nitrogens with zero attached hydrogens (tertiary/aromatic N) is 3. The van der Waals surface area contributed by atoms with Crippen molar-refractivity contribution in [1.82, 2.24) is 9.97 Å². The lowest BCUT2D eigenvalue weighted by Gasteiger charge is -2.24.